The van der Waals surface area contributed by atoms with Gasteiger partial charge in [-0.05, 0) is 6.42 Å². The van der Waals surface area contributed by atoms with Crippen LogP contribution in [-0.2, 0) is 4.79 Å². The standard InChI is InChI=1S/C5H6OS/c6-4-1-2-5(7)3-4/h1-3H2. The van der Waals surface area contributed by atoms with Crippen molar-refractivity contribution in [3.63, 3.8) is 0 Å². The second-order valence-electron chi connectivity index (χ2n) is 1.75. The van der Waals surface area contributed by atoms with E-state index in [0.29, 0.717) is 18.6 Å². The second-order valence-corrected chi connectivity index (χ2v) is 2.33. The third kappa shape index (κ3) is 1.06. The predicted octanol–water partition coefficient (Wildman–Crippen LogP) is 1.11. The number of carbonyl (C=O) groups is 1. The highest BCUT2D eigenvalue weighted by Gasteiger charge is 2.13. The van der Waals surface area contributed by atoms with E-state index in [1.54, 1.807) is 0 Å². The average molecular weight is 114 g/mol. The van der Waals surface area contributed by atoms with Gasteiger partial charge in [-0.1, -0.05) is 12.2 Å². The molecule has 0 unspecified atom stereocenters. The molecule has 0 radical (unpaired) electrons. The SMILES string of the molecule is O=C1CCC(=S)C1. The number of ketones is 1. The molecule has 0 atom stereocenters. The van der Waals surface area contributed by atoms with Crippen LogP contribution in [0.2, 0.25) is 0 Å². The molecular weight excluding hydrogens is 108 g/mol. The van der Waals surface area contributed by atoms with E-state index in [0.717, 1.165) is 11.3 Å². The van der Waals surface area contributed by atoms with Crippen molar-refractivity contribution in [1.82, 2.24) is 0 Å². The Labute approximate surface area is 47.7 Å². The molecule has 1 saturated carbocycles. The van der Waals surface area contributed by atoms with Crippen molar-refractivity contribution < 1.29 is 4.79 Å². The summed E-state index contributed by atoms with van der Waals surface area (Å²) in [6.45, 7) is 0. The van der Waals surface area contributed by atoms with Gasteiger partial charge < -0.3 is 0 Å². The van der Waals surface area contributed by atoms with Crippen molar-refractivity contribution in [1.29, 1.82) is 0 Å². The van der Waals surface area contributed by atoms with Crippen LogP contribution < -0.4 is 0 Å². The molecule has 0 aromatic carbocycles. The quantitative estimate of drug-likeness (QED) is 0.439. The Kier molecular flexibility index (Phi) is 1.19. The fraction of sp³-hybridized carbons (Fsp3) is 0.600. The van der Waals surface area contributed by atoms with Gasteiger partial charge in [-0.25, -0.2) is 0 Å². The largest absolute Gasteiger partial charge is 0.299 e. The Morgan fingerprint density at radius 3 is 2.29 bits per heavy atom. The molecule has 0 saturated heterocycles. The number of hydrogen-bond donors (Lipinski definition) is 0. The van der Waals surface area contributed by atoms with Crippen molar-refractivity contribution in [2.45, 2.75) is 19.3 Å². The van der Waals surface area contributed by atoms with Crippen molar-refractivity contribution in [2.24, 2.45) is 0 Å². The van der Waals surface area contributed by atoms with E-state index in [2.05, 4.69) is 0 Å². The third-order valence-electron chi connectivity index (χ3n) is 1.08. The molecule has 0 N–H and O–H groups in total. The van der Waals surface area contributed by atoms with Gasteiger partial charge in [0.15, 0.2) is 0 Å². The molecule has 1 nitrogen and oxygen atoms in total. The number of thiocarbonyl (C=S) groups is 1. The zero-order valence-electron chi connectivity index (χ0n) is 3.94. The molecule has 0 aromatic heterocycles. The van der Waals surface area contributed by atoms with Crippen molar-refractivity contribution in [3.05, 3.63) is 0 Å². The minimum absolute atomic E-state index is 0.310. The third-order valence-corrected chi connectivity index (χ3v) is 1.43. The Hall–Kier alpha value is -0.240. The van der Waals surface area contributed by atoms with Gasteiger partial charge in [0.2, 0.25) is 0 Å². The first-order chi connectivity index (χ1) is 3.29. The number of rotatable bonds is 0. The highest BCUT2D eigenvalue weighted by molar-refractivity contribution is 7.80. The van der Waals surface area contributed by atoms with Crippen LogP contribution in [0.3, 0.4) is 0 Å². The minimum Gasteiger partial charge on any atom is -0.299 e. The summed E-state index contributed by atoms with van der Waals surface area (Å²) in [6.07, 6.45) is 2.11. The molecule has 0 spiro atoms. The molecule has 7 heavy (non-hydrogen) atoms. The summed E-state index contributed by atoms with van der Waals surface area (Å²) >= 11 is 4.78. The van der Waals surface area contributed by atoms with E-state index in [1.165, 1.54) is 0 Å². The summed E-state index contributed by atoms with van der Waals surface area (Å²) in [5, 5.41) is 0. The average Bonchev–Trinajstić information content (AvgIpc) is 1.87. The molecule has 1 rings (SSSR count). The molecule has 0 amide bonds. The van der Waals surface area contributed by atoms with E-state index in [4.69, 9.17) is 12.2 Å². The van der Waals surface area contributed by atoms with Crippen molar-refractivity contribution >= 4 is 22.9 Å². The molecule has 1 aliphatic rings. The minimum atomic E-state index is 0.310. The lowest BCUT2D eigenvalue weighted by molar-refractivity contribution is -0.116. The van der Waals surface area contributed by atoms with Crippen LogP contribution in [0.25, 0.3) is 0 Å². The molecule has 0 bridgehead atoms. The highest BCUT2D eigenvalue weighted by atomic mass is 32.1. The first-order valence-electron chi connectivity index (χ1n) is 2.32. The highest BCUT2D eigenvalue weighted by Crippen LogP contribution is 2.09. The van der Waals surface area contributed by atoms with Gasteiger partial charge in [0.1, 0.15) is 5.78 Å². The molecular formula is C5H6OS. The van der Waals surface area contributed by atoms with Gasteiger partial charge in [0.05, 0.1) is 0 Å². The van der Waals surface area contributed by atoms with Crippen LogP contribution in [0.4, 0.5) is 0 Å². The van der Waals surface area contributed by atoms with Gasteiger partial charge >= 0.3 is 0 Å². The lowest BCUT2D eigenvalue weighted by Crippen LogP contribution is -1.86. The van der Waals surface area contributed by atoms with Crippen molar-refractivity contribution in [2.75, 3.05) is 0 Å². The Morgan fingerprint density at radius 2 is 2.14 bits per heavy atom. The van der Waals surface area contributed by atoms with Crippen LogP contribution in [0.15, 0.2) is 0 Å². The summed E-state index contributed by atoms with van der Waals surface area (Å²) < 4.78 is 0. The fourth-order valence-electron chi connectivity index (χ4n) is 0.676. The maximum absolute atomic E-state index is 10.4. The Bertz CT molecular complexity index is 103. The summed E-state index contributed by atoms with van der Waals surface area (Å²) in [6, 6.07) is 0. The normalized spacial score (nSPS) is 21.1. The van der Waals surface area contributed by atoms with Gasteiger partial charge in [0, 0.05) is 17.7 Å². The molecule has 1 fully saturated rings. The lowest BCUT2D eigenvalue weighted by Gasteiger charge is -1.75. The van der Waals surface area contributed by atoms with Gasteiger partial charge in [-0.15, -0.1) is 0 Å². The molecule has 1 aliphatic carbocycles. The van der Waals surface area contributed by atoms with Gasteiger partial charge in [0.25, 0.3) is 0 Å². The molecule has 0 heterocycles. The van der Waals surface area contributed by atoms with Crippen LogP contribution >= 0.6 is 12.2 Å². The first kappa shape index (κ1) is 4.91. The van der Waals surface area contributed by atoms with E-state index >= 15 is 0 Å². The molecule has 2 heteroatoms. The van der Waals surface area contributed by atoms with Crippen LogP contribution in [0, 0.1) is 0 Å². The second kappa shape index (κ2) is 1.70. The maximum atomic E-state index is 10.4. The maximum Gasteiger partial charge on any atom is 0.138 e. The van der Waals surface area contributed by atoms with E-state index < -0.39 is 0 Å². The smallest absolute Gasteiger partial charge is 0.138 e. The number of carbonyl (C=O) groups excluding carboxylic acids is 1. The van der Waals surface area contributed by atoms with Crippen LogP contribution in [0.1, 0.15) is 19.3 Å². The summed E-state index contributed by atoms with van der Waals surface area (Å²) in [5.74, 6) is 0.310. The number of Topliss-reactive ketones (excluding diaryl/α,β-unsaturated/α-hetero) is 1. The summed E-state index contributed by atoms with van der Waals surface area (Å²) in [7, 11) is 0. The fourth-order valence-corrected chi connectivity index (χ4v) is 0.939. The summed E-state index contributed by atoms with van der Waals surface area (Å²) in [5.41, 5.74) is 0. The van der Waals surface area contributed by atoms with E-state index in [-0.39, 0.29) is 0 Å². The Balaban J connectivity index is 2.55. The van der Waals surface area contributed by atoms with Gasteiger partial charge in [-0.2, -0.15) is 0 Å². The van der Waals surface area contributed by atoms with Gasteiger partial charge in [-0.3, -0.25) is 4.79 Å². The lowest BCUT2D eigenvalue weighted by atomic mass is 10.4. The Morgan fingerprint density at radius 1 is 1.43 bits per heavy atom. The van der Waals surface area contributed by atoms with E-state index in [1.807, 2.05) is 0 Å². The molecule has 0 aliphatic heterocycles. The molecule has 0 aromatic rings. The monoisotopic (exact) mass is 114 g/mol. The van der Waals surface area contributed by atoms with Crippen molar-refractivity contribution in [3.8, 4) is 0 Å². The van der Waals surface area contributed by atoms with Crippen LogP contribution in [-0.4, -0.2) is 10.6 Å². The predicted molar refractivity (Wildman–Crippen MR) is 31.5 cm³/mol. The number of hydrogen-bond acceptors (Lipinski definition) is 2. The zero-order valence-corrected chi connectivity index (χ0v) is 4.75. The topological polar surface area (TPSA) is 17.1 Å². The first-order valence-corrected chi connectivity index (χ1v) is 2.73. The molecule has 38 valence electrons. The van der Waals surface area contributed by atoms with Crippen LogP contribution in [0.5, 0.6) is 0 Å². The summed E-state index contributed by atoms with van der Waals surface area (Å²) in [4.78, 5) is 11.3. The zero-order chi connectivity index (χ0) is 5.28. The van der Waals surface area contributed by atoms with E-state index in [9.17, 15) is 4.79 Å².